The van der Waals surface area contributed by atoms with Gasteiger partial charge in [-0.1, -0.05) is 14.9 Å². The predicted octanol–water partition coefficient (Wildman–Crippen LogP) is 16.6. The van der Waals surface area contributed by atoms with Crippen molar-refractivity contribution in [2.45, 2.75) is 48.0 Å². The van der Waals surface area contributed by atoms with E-state index >= 15 is 0 Å². The summed E-state index contributed by atoms with van der Waals surface area (Å²) in [5.74, 6) is 0. The maximum absolute atomic E-state index is 5.91. The number of benzene rings is 5. The standard InChI is InChI=1S/C15H12.C10H12.C8H9N.C7H6.2CH4.6CH3.4ClH.Mo.2Ru/c1-2-15(13-9-5-3-6-10-13)14-11-7-4-8-12-14;1-10(2,3)9-7-5-4-6-8-9;1-6-4-3-5-7(2)8(6)9;1-7-5-3-2-4-6-7;;;;;;;;;;;;;;;/h1-12H;1,4-8H,2-3H3;3-5H,1-2H3;1-6H;2*1H4;6*1H3;4*1H;;;/q;;;;;;6*-1;;;;;3*+2/p-4. The Labute approximate surface area is 379 Å². The van der Waals surface area contributed by atoms with E-state index in [0.29, 0.717) is 0 Å². The van der Waals surface area contributed by atoms with Gasteiger partial charge in [0, 0.05) is 0 Å². The van der Waals surface area contributed by atoms with Gasteiger partial charge in [-0.15, -0.1) is 0 Å². The number of aryl methyl sites for hydroxylation is 2. The number of hydrogen-bond acceptors (Lipinski definition) is 1. The van der Waals surface area contributed by atoms with Gasteiger partial charge in [-0.2, -0.15) is 0 Å². The zero-order chi connectivity index (χ0) is 34.8. The van der Waals surface area contributed by atoms with Crippen LogP contribution in [0, 0.1) is 58.4 Å². The number of halogens is 4. The Balaban J connectivity index is -0.000000163. The molecular formula is C48H65Cl4MoNRu2-4. The van der Waals surface area contributed by atoms with Gasteiger partial charge < -0.3 is 44.6 Å². The van der Waals surface area contributed by atoms with E-state index in [4.69, 9.17) is 42.3 Å². The van der Waals surface area contributed by atoms with E-state index in [1.807, 2.05) is 82.0 Å². The van der Waals surface area contributed by atoms with Crippen LogP contribution in [0.4, 0.5) is 5.69 Å². The van der Waals surface area contributed by atoms with Gasteiger partial charge in [-0.05, 0) is 0 Å². The van der Waals surface area contributed by atoms with Crippen molar-refractivity contribution in [1.82, 2.24) is 0 Å². The Morgan fingerprint density at radius 3 is 1.34 bits per heavy atom. The van der Waals surface area contributed by atoms with Crippen LogP contribution in [-0.4, -0.2) is 13.6 Å². The van der Waals surface area contributed by atoms with Crippen molar-refractivity contribution >= 4 is 63.6 Å². The summed E-state index contributed by atoms with van der Waals surface area (Å²) in [4.78, 5) is 0. The molecule has 0 radical (unpaired) electrons. The van der Waals surface area contributed by atoms with Crippen LogP contribution >= 0.6 is 38.8 Å². The summed E-state index contributed by atoms with van der Waals surface area (Å²) in [5.41, 5.74) is 9.82. The second-order valence-corrected chi connectivity index (χ2v) is 24.1. The third-order valence-corrected chi connectivity index (χ3v) is 13.0. The van der Waals surface area contributed by atoms with Crippen molar-refractivity contribution in [3.8, 4) is 0 Å². The van der Waals surface area contributed by atoms with Crippen LogP contribution in [0.15, 0.2) is 149 Å². The molecule has 0 N–H and O–H groups in total. The van der Waals surface area contributed by atoms with E-state index in [9.17, 15) is 0 Å². The summed E-state index contributed by atoms with van der Waals surface area (Å²) in [6, 6.07) is 47.4. The first kappa shape index (κ1) is 66.2. The van der Waals surface area contributed by atoms with Gasteiger partial charge >= 0.3 is 324 Å². The molecule has 1 nitrogen and oxygen atoms in total. The summed E-state index contributed by atoms with van der Waals surface area (Å²) in [5, 5.41) is 0. The Morgan fingerprint density at radius 2 is 0.946 bits per heavy atom. The van der Waals surface area contributed by atoms with Crippen molar-refractivity contribution in [2.75, 3.05) is 0 Å². The fourth-order valence-electron chi connectivity index (χ4n) is 4.40. The van der Waals surface area contributed by atoms with E-state index in [0.717, 1.165) is 11.1 Å². The molecule has 0 heterocycles. The summed E-state index contributed by atoms with van der Waals surface area (Å²) in [6.45, 7) is 8.82. The zero-order valence-electron chi connectivity index (χ0n) is 33.2. The number of nitrogens with zero attached hydrogens (tertiary/aromatic N) is 1. The summed E-state index contributed by atoms with van der Waals surface area (Å²) < 4.78 is 11.2. The molecule has 0 bridgehead atoms. The Bertz CT molecular complexity index is 1800. The van der Waals surface area contributed by atoms with Crippen LogP contribution < -0.4 is 0 Å². The molecule has 0 saturated carbocycles. The molecule has 5 aromatic carbocycles. The second kappa shape index (κ2) is 36.4. The maximum atomic E-state index is 5.91. The van der Waals surface area contributed by atoms with E-state index in [-0.39, 0.29) is 64.8 Å². The molecule has 0 aliphatic carbocycles. The van der Waals surface area contributed by atoms with Gasteiger partial charge in [-0.25, -0.2) is 0 Å². The molecule has 0 aliphatic heterocycles. The average Bonchev–Trinajstić information content (AvgIpc) is 3.08. The molecule has 0 aromatic heterocycles. The van der Waals surface area contributed by atoms with Crippen LogP contribution in [0.2, 0.25) is 0 Å². The summed E-state index contributed by atoms with van der Waals surface area (Å²) in [6.07, 6.45) is 2.03. The van der Waals surface area contributed by atoms with Crippen LogP contribution in [0.5, 0.6) is 0 Å². The normalized spacial score (nSPS) is 9.21. The van der Waals surface area contributed by atoms with Gasteiger partial charge in [0.25, 0.3) is 0 Å². The van der Waals surface area contributed by atoms with Crippen molar-refractivity contribution in [3.63, 3.8) is 0 Å². The minimum atomic E-state index is -1.77. The second-order valence-electron chi connectivity index (χ2n) is 11.0. The van der Waals surface area contributed by atoms with Gasteiger partial charge in [0.2, 0.25) is 0 Å². The minimum absolute atomic E-state index is 0. The van der Waals surface area contributed by atoms with E-state index < -0.39 is 45.0 Å². The number of allylic oxidation sites excluding steroid dienone is 1. The summed E-state index contributed by atoms with van der Waals surface area (Å²) in [7, 11) is 23.1. The van der Waals surface area contributed by atoms with Crippen LogP contribution in [0.3, 0.4) is 0 Å². The van der Waals surface area contributed by atoms with Gasteiger partial charge in [0.1, 0.15) is 0 Å². The first-order valence-electron chi connectivity index (χ1n) is 14.9. The molecule has 316 valence electrons. The molecule has 5 rings (SSSR count). The van der Waals surface area contributed by atoms with E-state index in [1.165, 1.54) is 33.5 Å². The van der Waals surface area contributed by atoms with Crippen molar-refractivity contribution in [2.24, 2.45) is 3.50 Å². The van der Waals surface area contributed by atoms with Gasteiger partial charge in [-0.3, -0.25) is 0 Å². The molecule has 0 aliphatic rings. The van der Waals surface area contributed by atoms with Crippen molar-refractivity contribution < 1.29 is 45.0 Å². The Hall–Kier alpha value is -1.65. The number of rotatable bonds is 7. The van der Waals surface area contributed by atoms with E-state index in [2.05, 4.69) is 105 Å². The topological polar surface area (TPSA) is 12.4 Å². The molecule has 0 amide bonds. The van der Waals surface area contributed by atoms with Gasteiger partial charge in [0.15, 0.2) is 0 Å². The molecule has 0 spiro atoms. The first-order valence-corrected chi connectivity index (χ1v) is 27.9. The quantitative estimate of drug-likeness (QED) is 0.114. The average molecular weight is 1100 g/mol. The fraction of sp³-hybridized carbons (Fsp3) is 0.146. The van der Waals surface area contributed by atoms with Crippen LogP contribution in [-0.2, 0) is 50.4 Å². The zero-order valence-corrected chi connectivity index (χ0v) is 41.7. The Kier molecular flexibility index (Phi) is 43.0. The molecule has 56 heavy (non-hydrogen) atoms. The predicted molar refractivity (Wildman–Crippen MR) is 257 cm³/mol. The molecule has 5 aromatic rings. The van der Waals surface area contributed by atoms with E-state index in [1.54, 1.807) is 0 Å². The monoisotopic (exact) mass is 1100 g/mol. The Morgan fingerprint density at radius 1 is 0.554 bits per heavy atom. The van der Waals surface area contributed by atoms with Crippen molar-refractivity contribution in [3.05, 3.63) is 224 Å². The first-order chi connectivity index (χ1) is 23.1. The molecule has 8 heteroatoms. The van der Waals surface area contributed by atoms with Crippen molar-refractivity contribution in [1.29, 1.82) is 0 Å². The number of hydrogen-bond donors (Lipinski definition) is 0. The molecular weight excluding hydrogens is 1030 g/mol. The molecule has 0 saturated heterocycles. The third-order valence-electron chi connectivity index (χ3n) is 6.93. The summed E-state index contributed by atoms with van der Waals surface area (Å²) >= 11 is -3.88. The van der Waals surface area contributed by atoms with Crippen LogP contribution in [0.25, 0.3) is 5.57 Å². The fourth-order valence-corrected chi connectivity index (χ4v) is 9.35. The molecule has 0 unspecified atom stereocenters. The van der Waals surface area contributed by atoms with Crippen LogP contribution in [0.1, 0.15) is 62.1 Å². The molecule has 0 atom stereocenters. The SMILES string of the molecule is C.C.Cc1cccc(C)c1[N]=[Mo+2]=[CH]C(C)(C)c1ccccc1.[CH3-].[CH3-].[CH3-].[CH3-].[CH3-].[CH3-].[Cl][Ru]([Cl])=[CH]C=C(c1ccccc1)c1ccccc1.[Cl][Ru]([Cl])=[CH]c1ccccc1. The third kappa shape index (κ3) is 25.0. The molecule has 0 fully saturated rings. The van der Waals surface area contributed by atoms with Gasteiger partial charge in [0.05, 0.1) is 0 Å².